The summed E-state index contributed by atoms with van der Waals surface area (Å²) >= 11 is 0. The van der Waals surface area contributed by atoms with Crippen LogP contribution in [-0.4, -0.2) is 75.6 Å². The second-order valence-electron chi connectivity index (χ2n) is 6.76. The van der Waals surface area contributed by atoms with Crippen molar-refractivity contribution in [3.63, 3.8) is 0 Å². The van der Waals surface area contributed by atoms with Crippen LogP contribution in [0.1, 0.15) is 17.5 Å². The van der Waals surface area contributed by atoms with E-state index in [9.17, 15) is 8.42 Å². The Morgan fingerprint density at radius 2 is 1.83 bits per heavy atom. The molecule has 0 saturated heterocycles. The van der Waals surface area contributed by atoms with E-state index in [1.165, 1.54) is 15.4 Å². The smallest absolute Gasteiger partial charge is 0.213 e. The first-order valence-electron chi connectivity index (χ1n) is 8.15. The maximum absolute atomic E-state index is 11.8. The lowest BCUT2D eigenvalue weighted by molar-refractivity contribution is 0.162. The van der Waals surface area contributed by atoms with Gasteiger partial charge in [0.05, 0.1) is 5.75 Å². The molecule has 1 aliphatic heterocycles. The van der Waals surface area contributed by atoms with Crippen molar-refractivity contribution in [2.45, 2.75) is 25.4 Å². The lowest BCUT2D eigenvalue weighted by Crippen LogP contribution is -2.45. The third kappa shape index (κ3) is 5.01. The third-order valence-corrected chi connectivity index (χ3v) is 6.56. The van der Waals surface area contributed by atoms with Crippen LogP contribution in [0.4, 0.5) is 0 Å². The largest absolute Gasteiger partial charge is 0.305 e. The van der Waals surface area contributed by atoms with Crippen molar-refractivity contribution < 1.29 is 8.42 Å². The van der Waals surface area contributed by atoms with E-state index in [0.717, 1.165) is 26.1 Å². The number of hydrogen-bond donors (Lipinski definition) is 0. The Bertz CT molecular complexity index is 616. The first-order chi connectivity index (χ1) is 10.8. The first-order valence-corrected chi connectivity index (χ1v) is 9.76. The molecule has 0 fully saturated rings. The van der Waals surface area contributed by atoms with Gasteiger partial charge in [0.1, 0.15) is 0 Å². The Morgan fingerprint density at radius 3 is 2.48 bits per heavy atom. The zero-order valence-corrected chi connectivity index (χ0v) is 15.5. The van der Waals surface area contributed by atoms with Crippen LogP contribution in [-0.2, 0) is 23.0 Å². The Labute approximate surface area is 140 Å². The monoisotopic (exact) mass is 339 g/mol. The van der Waals surface area contributed by atoms with Crippen LogP contribution in [0.5, 0.6) is 0 Å². The van der Waals surface area contributed by atoms with Gasteiger partial charge in [0.15, 0.2) is 0 Å². The normalized spacial score (nSPS) is 19.3. The molecule has 1 heterocycles. The summed E-state index contributed by atoms with van der Waals surface area (Å²) in [7, 11) is 4.35. The van der Waals surface area contributed by atoms with E-state index in [1.54, 1.807) is 14.1 Å². The zero-order valence-electron chi connectivity index (χ0n) is 14.7. The minimum Gasteiger partial charge on any atom is -0.305 e. The average molecular weight is 340 g/mol. The summed E-state index contributed by atoms with van der Waals surface area (Å²) in [5.74, 6) is 0.216. The SMILES string of the molecule is CN(CCCS(=O)(=O)N(C)C)C[C@H]1Cc2ccccc2CN1C. The molecule has 0 spiro atoms. The van der Waals surface area contributed by atoms with E-state index in [-0.39, 0.29) is 5.75 Å². The molecule has 0 saturated carbocycles. The van der Waals surface area contributed by atoms with Gasteiger partial charge in [0, 0.05) is 33.2 Å². The number of fused-ring (bicyclic) bond motifs is 1. The highest BCUT2D eigenvalue weighted by Gasteiger charge is 2.24. The van der Waals surface area contributed by atoms with Gasteiger partial charge in [-0.25, -0.2) is 12.7 Å². The minimum atomic E-state index is -3.08. The highest BCUT2D eigenvalue weighted by molar-refractivity contribution is 7.89. The summed E-state index contributed by atoms with van der Waals surface area (Å²) in [5, 5.41) is 0. The van der Waals surface area contributed by atoms with Crippen LogP contribution in [0, 0.1) is 0 Å². The summed E-state index contributed by atoms with van der Waals surface area (Å²) in [6.45, 7) is 2.76. The topological polar surface area (TPSA) is 43.9 Å². The van der Waals surface area contributed by atoms with Gasteiger partial charge in [-0.3, -0.25) is 4.90 Å². The fourth-order valence-corrected chi connectivity index (χ4v) is 3.93. The van der Waals surface area contributed by atoms with Crippen LogP contribution in [0.2, 0.25) is 0 Å². The van der Waals surface area contributed by atoms with E-state index < -0.39 is 10.0 Å². The zero-order chi connectivity index (χ0) is 17.0. The Kier molecular flexibility index (Phi) is 6.19. The molecule has 6 heteroatoms. The van der Waals surface area contributed by atoms with E-state index >= 15 is 0 Å². The molecule has 1 aromatic rings. The molecule has 0 bridgehead atoms. The summed E-state index contributed by atoms with van der Waals surface area (Å²) < 4.78 is 24.9. The van der Waals surface area contributed by atoms with Gasteiger partial charge in [-0.1, -0.05) is 24.3 Å². The highest BCUT2D eigenvalue weighted by atomic mass is 32.2. The minimum absolute atomic E-state index is 0.216. The van der Waals surface area contributed by atoms with Crippen molar-refractivity contribution in [3.05, 3.63) is 35.4 Å². The molecule has 23 heavy (non-hydrogen) atoms. The van der Waals surface area contributed by atoms with Gasteiger partial charge in [-0.2, -0.15) is 0 Å². The molecule has 0 aromatic heterocycles. The van der Waals surface area contributed by atoms with Gasteiger partial charge < -0.3 is 4.90 Å². The number of hydrogen-bond acceptors (Lipinski definition) is 4. The second-order valence-corrected chi connectivity index (χ2v) is 9.06. The van der Waals surface area contributed by atoms with Crippen LogP contribution in [0.3, 0.4) is 0 Å². The summed E-state index contributed by atoms with van der Waals surface area (Å²) in [6, 6.07) is 9.12. The molecule has 5 nitrogen and oxygen atoms in total. The van der Waals surface area contributed by atoms with E-state index in [1.807, 2.05) is 0 Å². The lowest BCUT2D eigenvalue weighted by Gasteiger charge is -2.36. The summed E-state index contributed by atoms with van der Waals surface area (Å²) in [5.41, 5.74) is 2.87. The number of likely N-dealkylation sites (N-methyl/N-ethyl adjacent to an activating group) is 2. The standard InChI is InChI=1S/C17H29N3O2S/c1-18(2)23(21,22)11-7-10-19(3)14-17-12-15-8-5-6-9-16(15)13-20(17)4/h5-6,8-9,17H,7,10-14H2,1-4H3/t17-/m1/s1. The molecule has 0 aliphatic carbocycles. The fraction of sp³-hybridized carbons (Fsp3) is 0.647. The molecule has 1 atom stereocenters. The third-order valence-electron chi connectivity index (χ3n) is 4.64. The van der Waals surface area contributed by atoms with E-state index in [2.05, 4.69) is 48.2 Å². The lowest BCUT2D eigenvalue weighted by atomic mass is 9.94. The summed E-state index contributed by atoms with van der Waals surface area (Å²) in [4.78, 5) is 4.65. The molecule has 2 rings (SSSR count). The van der Waals surface area contributed by atoms with Gasteiger partial charge >= 0.3 is 0 Å². The van der Waals surface area contributed by atoms with Crippen LogP contribution < -0.4 is 0 Å². The Balaban J connectivity index is 1.83. The molecule has 0 amide bonds. The molecule has 1 aliphatic rings. The van der Waals surface area contributed by atoms with Crippen molar-refractivity contribution in [2.75, 3.05) is 47.0 Å². The first kappa shape index (κ1) is 18.4. The molecular formula is C17H29N3O2S. The summed E-state index contributed by atoms with van der Waals surface area (Å²) in [6.07, 6.45) is 1.73. The molecule has 0 unspecified atom stereocenters. The van der Waals surface area contributed by atoms with Crippen LogP contribution in [0.15, 0.2) is 24.3 Å². The molecular weight excluding hydrogens is 310 g/mol. The number of nitrogens with zero attached hydrogens (tertiary/aromatic N) is 3. The number of rotatable bonds is 7. The predicted octanol–water partition coefficient (Wildman–Crippen LogP) is 1.26. The second kappa shape index (κ2) is 7.75. The quantitative estimate of drug-likeness (QED) is 0.750. The van der Waals surface area contributed by atoms with Gasteiger partial charge in [-0.15, -0.1) is 0 Å². The van der Waals surface area contributed by atoms with E-state index in [0.29, 0.717) is 12.5 Å². The van der Waals surface area contributed by atoms with Crippen molar-refractivity contribution in [3.8, 4) is 0 Å². The van der Waals surface area contributed by atoms with Gasteiger partial charge in [0.2, 0.25) is 10.0 Å². The number of benzene rings is 1. The maximum atomic E-state index is 11.8. The number of sulfonamides is 1. The highest BCUT2D eigenvalue weighted by Crippen LogP contribution is 2.22. The fourth-order valence-electron chi connectivity index (χ4n) is 3.07. The molecule has 0 radical (unpaired) electrons. The van der Waals surface area contributed by atoms with Gasteiger partial charge in [0.25, 0.3) is 0 Å². The maximum Gasteiger partial charge on any atom is 0.213 e. The van der Waals surface area contributed by atoms with Crippen molar-refractivity contribution in [1.82, 2.24) is 14.1 Å². The Morgan fingerprint density at radius 1 is 1.17 bits per heavy atom. The molecule has 0 N–H and O–H groups in total. The van der Waals surface area contributed by atoms with Crippen molar-refractivity contribution >= 4 is 10.0 Å². The van der Waals surface area contributed by atoms with Gasteiger partial charge in [-0.05, 0) is 44.6 Å². The van der Waals surface area contributed by atoms with Crippen molar-refractivity contribution in [2.24, 2.45) is 0 Å². The van der Waals surface area contributed by atoms with E-state index in [4.69, 9.17) is 0 Å². The Hall–Kier alpha value is -0.950. The van der Waals surface area contributed by atoms with Crippen LogP contribution >= 0.6 is 0 Å². The average Bonchev–Trinajstić information content (AvgIpc) is 2.47. The predicted molar refractivity (Wildman–Crippen MR) is 95.0 cm³/mol. The van der Waals surface area contributed by atoms with Crippen LogP contribution in [0.25, 0.3) is 0 Å². The molecule has 1 aromatic carbocycles. The molecule has 130 valence electrons. The van der Waals surface area contributed by atoms with Crippen molar-refractivity contribution in [1.29, 1.82) is 0 Å².